The Bertz CT molecular complexity index is 1280. The van der Waals surface area contributed by atoms with E-state index < -0.39 is 5.95 Å². The number of halogens is 1. The number of piperazine rings is 1. The summed E-state index contributed by atoms with van der Waals surface area (Å²) in [4.78, 5) is 27.4. The number of nitrogens with two attached hydrogens (primary N) is 1. The minimum absolute atomic E-state index is 0.262. The van der Waals surface area contributed by atoms with Gasteiger partial charge in [0.05, 0.1) is 17.3 Å². The topological polar surface area (TPSA) is 96.6 Å². The molecule has 2 unspecified atom stereocenters. The van der Waals surface area contributed by atoms with Gasteiger partial charge in [0.25, 0.3) is 5.91 Å². The Hall–Kier alpha value is -2.98. The Morgan fingerprint density at radius 2 is 2.03 bits per heavy atom. The fourth-order valence-corrected chi connectivity index (χ4v) is 6.42. The van der Waals surface area contributed by atoms with E-state index in [0.717, 1.165) is 29.0 Å². The highest BCUT2D eigenvalue weighted by molar-refractivity contribution is 7.21. The van der Waals surface area contributed by atoms with Crippen LogP contribution in [0.25, 0.3) is 10.2 Å². The number of hydrogen-bond donors (Lipinski definition) is 2. The van der Waals surface area contributed by atoms with Crippen LogP contribution in [0.3, 0.4) is 0 Å². The van der Waals surface area contributed by atoms with Gasteiger partial charge < -0.3 is 20.7 Å². The first kappa shape index (κ1) is 21.5. The smallest absolute Gasteiger partial charge is 0.263 e. The number of aryl methyl sites for hydroxylation is 1. The van der Waals surface area contributed by atoms with Gasteiger partial charge in [-0.05, 0) is 38.9 Å². The molecule has 0 aromatic carbocycles. The highest BCUT2D eigenvalue weighted by Gasteiger charge is 2.38. The number of carbonyl (C=O) groups excluding carboxylic acids is 1. The zero-order chi connectivity index (χ0) is 23.6. The molecule has 3 aromatic heterocycles. The van der Waals surface area contributed by atoms with Crippen LogP contribution in [0.4, 0.5) is 15.9 Å². The molecule has 10 heteroatoms. The number of fused-ring (bicyclic) bond motifs is 4. The zero-order valence-corrected chi connectivity index (χ0v) is 20.0. The molecule has 0 radical (unpaired) electrons. The van der Waals surface area contributed by atoms with Gasteiger partial charge >= 0.3 is 0 Å². The van der Waals surface area contributed by atoms with Crippen LogP contribution >= 0.6 is 11.3 Å². The molecule has 0 aliphatic carbocycles. The monoisotopic (exact) mass is 482 g/mol. The van der Waals surface area contributed by atoms with E-state index in [1.54, 1.807) is 0 Å². The Kier molecular flexibility index (Phi) is 5.11. The third kappa shape index (κ3) is 3.56. The van der Waals surface area contributed by atoms with Crippen molar-refractivity contribution < 1.29 is 13.9 Å². The summed E-state index contributed by atoms with van der Waals surface area (Å²) in [6.07, 6.45) is 2.65. The molecule has 3 aliphatic rings. The minimum Gasteiger partial charge on any atom is -0.491 e. The van der Waals surface area contributed by atoms with E-state index in [-0.39, 0.29) is 18.6 Å². The van der Waals surface area contributed by atoms with Crippen LogP contribution in [0.5, 0.6) is 5.75 Å². The van der Waals surface area contributed by atoms with Gasteiger partial charge in [-0.1, -0.05) is 0 Å². The zero-order valence-electron chi connectivity index (χ0n) is 19.2. The third-order valence-corrected chi connectivity index (χ3v) is 8.47. The molecule has 2 fully saturated rings. The van der Waals surface area contributed by atoms with Crippen LogP contribution in [0, 0.1) is 12.9 Å². The van der Waals surface area contributed by atoms with Gasteiger partial charge in [0.1, 0.15) is 27.9 Å². The Morgan fingerprint density at radius 1 is 1.26 bits per heavy atom. The average Bonchev–Trinajstić information content (AvgIpc) is 3.22. The largest absolute Gasteiger partial charge is 0.491 e. The van der Waals surface area contributed by atoms with Gasteiger partial charge in [-0.25, -0.2) is 9.97 Å². The van der Waals surface area contributed by atoms with Crippen molar-refractivity contribution in [3.8, 4) is 5.75 Å². The lowest BCUT2D eigenvalue weighted by atomic mass is 10.0. The maximum absolute atomic E-state index is 15.1. The quantitative estimate of drug-likeness (QED) is 0.554. The third-order valence-electron chi connectivity index (χ3n) is 7.36. The van der Waals surface area contributed by atoms with Crippen molar-refractivity contribution >= 4 is 39.0 Å². The van der Waals surface area contributed by atoms with Crippen LogP contribution in [0.1, 0.15) is 33.8 Å². The second kappa shape index (κ2) is 8.06. The predicted octanol–water partition coefficient (Wildman–Crippen LogP) is 2.74. The van der Waals surface area contributed by atoms with Crippen LogP contribution in [0.2, 0.25) is 0 Å². The van der Waals surface area contributed by atoms with E-state index in [4.69, 9.17) is 10.5 Å². The summed E-state index contributed by atoms with van der Waals surface area (Å²) in [5, 5.41) is 3.72. The van der Waals surface area contributed by atoms with Gasteiger partial charge in [-0.3, -0.25) is 9.69 Å². The summed E-state index contributed by atoms with van der Waals surface area (Å²) in [6, 6.07) is 6.20. The molecule has 3 atom stereocenters. The molecule has 3 aliphatic heterocycles. The number of nitrogens with zero attached hydrogens (tertiary/aromatic N) is 4. The molecule has 2 bridgehead atoms. The first-order valence-electron chi connectivity index (χ1n) is 11.6. The van der Waals surface area contributed by atoms with Crippen molar-refractivity contribution in [2.24, 2.45) is 0 Å². The number of nitrogen functional groups attached to an aromatic ring is 1. The highest BCUT2D eigenvalue weighted by Crippen LogP contribution is 2.36. The fourth-order valence-electron chi connectivity index (χ4n) is 5.38. The molecule has 34 heavy (non-hydrogen) atoms. The molecule has 178 valence electrons. The van der Waals surface area contributed by atoms with E-state index in [9.17, 15) is 4.79 Å². The highest BCUT2D eigenvalue weighted by atomic mass is 32.1. The molecular weight excluding hydrogens is 455 g/mol. The number of nitrogens with one attached hydrogen (secondary N) is 1. The van der Waals surface area contributed by atoms with Gasteiger partial charge in [0.15, 0.2) is 0 Å². The fraction of sp³-hybridized carbons (Fsp3) is 0.458. The predicted molar refractivity (Wildman–Crippen MR) is 130 cm³/mol. The molecule has 1 amide bonds. The molecule has 3 aromatic rings. The lowest BCUT2D eigenvalue weighted by Gasteiger charge is -2.39. The average molecular weight is 483 g/mol. The number of anilines is 2. The number of carbonyl (C=O) groups is 1. The number of hydrogen-bond acceptors (Lipinski definition) is 8. The molecule has 2 saturated heterocycles. The maximum Gasteiger partial charge on any atom is 0.263 e. The standard InChI is InChI=1S/C24H27FN6O2S/c1-12-3-6-16-20(26)21(34-24(16)27-12)23(32)28-13-7-17-18(33-11-13)8-19(29-22(17)25)31-9-14-4-5-15(10-31)30(14)2/h3,6,8,13-15H,4-5,7,9-11,26H2,1-2H3,(H,28,32)/t13-,14?,15?/m1/s1. The number of thiophene rings is 1. The van der Waals surface area contributed by atoms with Crippen LogP contribution in [-0.2, 0) is 6.42 Å². The second-order valence-electron chi connectivity index (χ2n) is 9.54. The maximum atomic E-state index is 15.1. The molecule has 8 nitrogen and oxygen atoms in total. The van der Waals surface area contributed by atoms with Crippen molar-refractivity contribution in [2.75, 3.05) is 37.4 Å². The van der Waals surface area contributed by atoms with E-state index in [0.29, 0.717) is 46.2 Å². The summed E-state index contributed by atoms with van der Waals surface area (Å²) in [6.45, 7) is 3.86. The molecule has 6 heterocycles. The number of pyridine rings is 2. The summed E-state index contributed by atoms with van der Waals surface area (Å²) < 4.78 is 21.0. The summed E-state index contributed by atoms with van der Waals surface area (Å²) in [7, 11) is 2.17. The van der Waals surface area contributed by atoms with Crippen molar-refractivity contribution in [1.29, 1.82) is 0 Å². The van der Waals surface area contributed by atoms with E-state index >= 15 is 4.39 Å². The molecular formula is C24H27FN6O2S. The SMILES string of the molecule is Cc1ccc2c(N)c(C(=O)N[C@H]3COc4cc(N5CC6CCC(C5)N6C)nc(F)c4C3)sc2n1. The van der Waals surface area contributed by atoms with E-state index in [1.165, 1.54) is 24.2 Å². The van der Waals surface area contributed by atoms with Crippen molar-refractivity contribution in [1.82, 2.24) is 20.2 Å². The molecule has 0 saturated carbocycles. The lowest BCUT2D eigenvalue weighted by Crippen LogP contribution is -2.52. The number of likely N-dealkylation sites (N-methyl/N-ethyl adjacent to an activating group) is 1. The minimum atomic E-state index is -0.529. The van der Waals surface area contributed by atoms with Crippen LogP contribution < -0.4 is 20.7 Å². The van der Waals surface area contributed by atoms with Gasteiger partial charge in [0.2, 0.25) is 5.95 Å². The summed E-state index contributed by atoms with van der Waals surface area (Å²) in [5.41, 5.74) is 7.90. The van der Waals surface area contributed by atoms with E-state index in [1.807, 2.05) is 25.1 Å². The molecule has 3 N–H and O–H groups in total. The lowest BCUT2D eigenvalue weighted by molar-refractivity contribution is 0.0919. The number of aromatic nitrogens is 2. The van der Waals surface area contributed by atoms with Crippen LogP contribution in [-0.4, -0.2) is 65.6 Å². The normalized spacial score (nSPS) is 24.2. The first-order valence-corrected chi connectivity index (χ1v) is 12.4. The van der Waals surface area contributed by atoms with Crippen LogP contribution in [0.15, 0.2) is 18.2 Å². The number of rotatable bonds is 3. The molecule has 6 rings (SSSR count). The summed E-state index contributed by atoms with van der Waals surface area (Å²) >= 11 is 1.26. The van der Waals surface area contributed by atoms with E-state index in [2.05, 4.69) is 32.1 Å². The summed E-state index contributed by atoms with van der Waals surface area (Å²) in [5.74, 6) is 0.316. The Morgan fingerprint density at radius 3 is 2.79 bits per heavy atom. The second-order valence-corrected chi connectivity index (χ2v) is 10.5. The van der Waals surface area contributed by atoms with Gasteiger partial charge in [-0.15, -0.1) is 11.3 Å². The van der Waals surface area contributed by atoms with Crippen molar-refractivity contribution in [3.05, 3.63) is 40.3 Å². The Balaban J connectivity index is 1.18. The first-order chi connectivity index (χ1) is 16.4. The number of amides is 1. The molecule has 0 spiro atoms. The van der Waals surface area contributed by atoms with Crippen molar-refractivity contribution in [2.45, 2.75) is 44.3 Å². The Labute approximate surface area is 200 Å². The van der Waals surface area contributed by atoms with Gasteiger partial charge in [0, 0.05) is 48.7 Å². The van der Waals surface area contributed by atoms with Crippen molar-refractivity contribution in [3.63, 3.8) is 0 Å². The number of ether oxygens (including phenoxy) is 1. The van der Waals surface area contributed by atoms with Gasteiger partial charge in [-0.2, -0.15) is 4.39 Å².